The molecule has 2 heteroatoms. The Hall–Kier alpha value is -2.35. The van der Waals surface area contributed by atoms with Gasteiger partial charge in [-0.25, -0.2) is 4.79 Å². The van der Waals surface area contributed by atoms with Gasteiger partial charge in [0.1, 0.15) is 0 Å². The zero-order valence-electron chi connectivity index (χ0n) is 14.7. The van der Waals surface area contributed by atoms with Crippen LogP contribution in [0.5, 0.6) is 0 Å². The molecule has 1 N–H and O–H groups in total. The molecule has 24 heavy (non-hydrogen) atoms. The lowest BCUT2D eigenvalue weighted by atomic mass is 10.1. The third kappa shape index (κ3) is 19.7. The first-order valence-electron chi connectivity index (χ1n) is 8.67. The molecule has 0 atom stereocenters. The van der Waals surface area contributed by atoms with Crippen molar-refractivity contribution in [2.24, 2.45) is 0 Å². The summed E-state index contributed by atoms with van der Waals surface area (Å²) in [6.07, 6.45) is 33.8. The molecule has 0 saturated heterocycles. The SMILES string of the molecule is CCCCCCC/C=C/C=C\C=C\C=C\C=C\C=C\C=C\C(=O)O. The highest BCUT2D eigenvalue weighted by Gasteiger charge is 1.85. The van der Waals surface area contributed by atoms with Crippen molar-refractivity contribution < 1.29 is 9.90 Å². The number of allylic oxidation sites excluding steroid dienone is 13. The number of rotatable bonds is 13. The largest absolute Gasteiger partial charge is 0.478 e. The van der Waals surface area contributed by atoms with Gasteiger partial charge in [-0.15, -0.1) is 0 Å². The van der Waals surface area contributed by atoms with E-state index in [1.54, 1.807) is 12.2 Å². The lowest BCUT2D eigenvalue weighted by Crippen LogP contribution is -1.84. The van der Waals surface area contributed by atoms with Crippen molar-refractivity contribution in [2.75, 3.05) is 0 Å². The Balaban J connectivity index is 3.70. The summed E-state index contributed by atoms with van der Waals surface area (Å²) >= 11 is 0. The molecule has 0 aromatic carbocycles. The number of aliphatic carboxylic acids is 1. The zero-order valence-corrected chi connectivity index (χ0v) is 14.7. The highest BCUT2D eigenvalue weighted by molar-refractivity contribution is 5.80. The van der Waals surface area contributed by atoms with Crippen molar-refractivity contribution in [3.63, 3.8) is 0 Å². The maximum absolute atomic E-state index is 10.2. The highest BCUT2D eigenvalue weighted by Crippen LogP contribution is 2.05. The Morgan fingerprint density at radius 3 is 1.62 bits per heavy atom. The van der Waals surface area contributed by atoms with Crippen LogP contribution in [0.1, 0.15) is 45.4 Å². The van der Waals surface area contributed by atoms with Crippen LogP contribution in [0.2, 0.25) is 0 Å². The third-order valence-electron chi connectivity index (χ3n) is 3.07. The fraction of sp³-hybridized carbons (Fsp3) is 0.318. The Bertz CT molecular complexity index is 500. The number of carbonyl (C=O) groups is 1. The van der Waals surface area contributed by atoms with Crippen molar-refractivity contribution in [3.8, 4) is 0 Å². The first-order chi connectivity index (χ1) is 11.8. The van der Waals surface area contributed by atoms with E-state index >= 15 is 0 Å². The smallest absolute Gasteiger partial charge is 0.328 e. The molecule has 0 unspecified atom stereocenters. The predicted octanol–water partition coefficient (Wildman–Crippen LogP) is 6.32. The summed E-state index contributed by atoms with van der Waals surface area (Å²) in [4.78, 5) is 10.2. The monoisotopic (exact) mass is 326 g/mol. The third-order valence-corrected chi connectivity index (χ3v) is 3.07. The molecule has 0 heterocycles. The van der Waals surface area contributed by atoms with Crippen LogP contribution in [0.25, 0.3) is 0 Å². The quantitative estimate of drug-likeness (QED) is 0.244. The Labute approximate surface area is 147 Å². The average Bonchev–Trinajstić information content (AvgIpc) is 2.56. The molecular formula is C22H30O2. The van der Waals surface area contributed by atoms with Crippen molar-refractivity contribution in [2.45, 2.75) is 45.4 Å². The maximum atomic E-state index is 10.2. The summed E-state index contributed by atoms with van der Waals surface area (Å²) < 4.78 is 0. The second-order valence-corrected chi connectivity index (χ2v) is 5.25. The molecule has 0 aliphatic carbocycles. The van der Waals surface area contributed by atoms with E-state index in [2.05, 4.69) is 19.1 Å². The van der Waals surface area contributed by atoms with Crippen LogP contribution in [-0.4, -0.2) is 11.1 Å². The van der Waals surface area contributed by atoms with Gasteiger partial charge >= 0.3 is 5.97 Å². The van der Waals surface area contributed by atoms with Crippen LogP contribution in [0.3, 0.4) is 0 Å². The fourth-order valence-electron chi connectivity index (χ4n) is 1.82. The molecule has 0 aromatic heterocycles. The first kappa shape index (κ1) is 21.6. The van der Waals surface area contributed by atoms with Crippen LogP contribution in [0.15, 0.2) is 85.1 Å². The highest BCUT2D eigenvalue weighted by atomic mass is 16.4. The van der Waals surface area contributed by atoms with Gasteiger partial charge in [0.05, 0.1) is 0 Å². The molecular weight excluding hydrogens is 296 g/mol. The normalized spacial score (nSPS) is 13.4. The first-order valence-corrected chi connectivity index (χ1v) is 8.67. The second-order valence-electron chi connectivity index (χ2n) is 5.25. The van der Waals surface area contributed by atoms with Crippen molar-refractivity contribution in [1.29, 1.82) is 0 Å². The van der Waals surface area contributed by atoms with E-state index < -0.39 is 5.97 Å². The summed E-state index contributed by atoms with van der Waals surface area (Å²) in [6, 6.07) is 0. The average molecular weight is 326 g/mol. The topological polar surface area (TPSA) is 37.3 Å². The summed E-state index contributed by atoms with van der Waals surface area (Å²) in [5.41, 5.74) is 0. The Kier molecular flexibility index (Phi) is 16.9. The molecule has 0 rings (SSSR count). The molecule has 0 aromatic rings. The number of carboxylic acid groups (broad SMARTS) is 1. The van der Waals surface area contributed by atoms with E-state index in [1.807, 2.05) is 48.6 Å². The second kappa shape index (κ2) is 18.7. The number of hydrogen-bond acceptors (Lipinski definition) is 1. The molecule has 0 amide bonds. The Morgan fingerprint density at radius 2 is 1.12 bits per heavy atom. The summed E-state index contributed by atoms with van der Waals surface area (Å²) in [5, 5.41) is 8.39. The van der Waals surface area contributed by atoms with Gasteiger partial charge in [-0.05, 0) is 12.8 Å². The van der Waals surface area contributed by atoms with Crippen molar-refractivity contribution >= 4 is 5.97 Å². The van der Waals surface area contributed by atoms with Gasteiger partial charge in [0.15, 0.2) is 0 Å². The van der Waals surface area contributed by atoms with E-state index in [1.165, 1.54) is 38.2 Å². The lowest BCUT2D eigenvalue weighted by Gasteiger charge is -1.95. The van der Waals surface area contributed by atoms with E-state index in [4.69, 9.17) is 5.11 Å². The van der Waals surface area contributed by atoms with Crippen LogP contribution in [-0.2, 0) is 4.79 Å². The molecule has 0 bridgehead atoms. The van der Waals surface area contributed by atoms with Crippen LogP contribution >= 0.6 is 0 Å². The van der Waals surface area contributed by atoms with Gasteiger partial charge in [0, 0.05) is 6.08 Å². The molecule has 0 spiro atoms. The standard InChI is InChI=1S/C22H30O2/c1-2-3-4-5-6-7-8-9-10-11-12-13-14-15-16-17-18-19-20-21-22(23)24/h8-21H,2-7H2,1H3,(H,23,24)/b9-8+,11-10-,13-12+,15-14+,17-16+,19-18+,21-20+. The summed E-state index contributed by atoms with van der Waals surface area (Å²) in [6.45, 7) is 2.24. The molecule has 130 valence electrons. The molecule has 0 aliphatic rings. The van der Waals surface area contributed by atoms with Gasteiger partial charge in [-0.1, -0.05) is 112 Å². The van der Waals surface area contributed by atoms with E-state index in [0.717, 1.165) is 12.5 Å². The predicted molar refractivity (Wildman–Crippen MR) is 105 cm³/mol. The van der Waals surface area contributed by atoms with Gasteiger partial charge in [-0.2, -0.15) is 0 Å². The summed E-state index contributed by atoms with van der Waals surface area (Å²) in [5.74, 6) is -0.941. The molecule has 0 radical (unpaired) electrons. The molecule has 0 saturated carbocycles. The van der Waals surface area contributed by atoms with E-state index in [-0.39, 0.29) is 0 Å². The summed E-state index contributed by atoms with van der Waals surface area (Å²) in [7, 11) is 0. The van der Waals surface area contributed by atoms with Crippen LogP contribution in [0.4, 0.5) is 0 Å². The van der Waals surface area contributed by atoms with E-state index in [0.29, 0.717) is 0 Å². The van der Waals surface area contributed by atoms with Gasteiger partial charge < -0.3 is 5.11 Å². The maximum Gasteiger partial charge on any atom is 0.328 e. The molecule has 0 aliphatic heterocycles. The zero-order chi connectivity index (χ0) is 17.7. The lowest BCUT2D eigenvalue weighted by molar-refractivity contribution is -0.131. The number of unbranched alkanes of at least 4 members (excludes halogenated alkanes) is 5. The van der Waals surface area contributed by atoms with Gasteiger partial charge in [0.2, 0.25) is 0 Å². The molecule has 0 fully saturated rings. The van der Waals surface area contributed by atoms with Gasteiger partial charge in [0.25, 0.3) is 0 Å². The van der Waals surface area contributed by atoms with Crippen molar-refractivity contribution in [3.05, 3.63) is 85.1 Å². The van der Waals surface area contributed by atoms with Crippen LogP contribution in [0, 0.1) is 0 Å². The molecule has 2 nitrogen and oxygen atoms in total. The fourth-order valence-corrected chi connectivity index (χ4v) is 1.82. The van der Waals surface area contributed by atoms with Crippen LogP contribution < -0.4 is 0 Å². The minimum absolute atomic E-state index is 0.941. The minimum Gasteiger partial charge on any atom is -0.478 e. The minimum atomic E-state index is -0.941. The Morgan fingerprint density at radius 1 is 0.667 bits per heavy atom. The number of hydrogen-bond donors (Lipinski definition) is 1. The van der Waals surface area contributed by atoms with Gasteiger partial charge in [-0.3, -0.25) is 0 Å². The van der Waals surface area contributed by atoms with Crippen molar-refractivity contribution in [1.82, 2.24) is 0 Å². The van der Waals surface area contributed by atoms with E-state index in [9.17, 15) is 4.79 Å². The number of carboxylic acids is 1.